The van der Waals surface area contributed by atoms with Crippen LogP contribution in [-0.4, -0.2) is 66.8 Å². The van der Waals surface area contributed by atoms with Gasteiger partial charge in [0.25, 0.3) is 0 Å². The van der Waals surface area contributed by atoms with E-state index in [4.69, 9.17) is 0 Å². The first-order valence-electron chi connectivity index (χ1n) is 8.56. The molecule has 21 heavy (non-hydrogen) atoms. The van der Waals surface area contributed by atoms with E-state index in [0.29, 0.717) is 6.54 Å². The van der Waals surface area contributed by atoms with Crippen molar-refractivity contribution in [1.82, 2.24) is 15.1 Å². The second-order valence-corrected chi connectivity index (χ2v) is 6.63. The number of unbranched alkanes of at least 4 members (excludes halogenated alkanes) is 1. The molecule has 0 aromatic carbocycles. The molecule has 5 heteroatoms. The van der Waals surface area contributed by atoms with E-state index in [9.17, 15) is 9.90 Å². The van der Waals surface area contributed by atoms with Crippen LogP contribution in [0.3, 0.4) is 0 Å². The fraction of sp³-hybridized carbons (Fsp3) is 0.938. The van der Waals surface area contributed by atoms with Gasteiger partial charge in [-0.25, -0.2) is 4.79 Å². The van der Waals surface area contributed by atoms with E-state index in [1.54, 1.807) is 4.90 Å². The summed E-state index contributed by atoms with van der Waals surface area (Å²) in [7, 11) is 1.82. The van der Waals surface area contributed by atoms with Crippen LogP contribution in [0.15, 0.2) is 0 Å². The van der Waals surface area contributed by atoms with Crippen LogP contribution >= 0.6 is 0 Å². The smallest absolute Gasteiger partial charge is 0.317 e. The summed E-state index contributed by atoms with van der Waals surface area (Å²) in [5.41, 5.74) is 0. The molecule has 2 fully saturated rings. The van der Waals surface area contributed by atoms with E-state index < -0.39 is 0 Å². The first-order valence-corrected chi connectivity index (χ1v) is 8.56. The van der Waals surface area contributed by atoms with Gasteiger partial charge in [-0.1, -0.05) is 6.42 Å². The molecule has 2 unspecified atom stereocenters. The Kier molecular flexibility index (Phi) is 6.77. The lowest BCUT2D eigenvalue weighted by Gasteiger charge is -2.23. The fourth-order valence-corrected chi connectivity index (χ4v) is 3.46. The van der Waals surface area contributed by atoms with Crippen LogP contribution in [0.4, 0.5) is 4.79 Å². The molecule has 0 aromatic heterocycles. The number of carbonyl (C=O) groups excluding carboxylic acids is 1. The largest absolute Gasteiger partial charge is 0.393 e. The third-order valence-corrected chi connectivity index (χ3v) is 4.85. The van der Waals surface area contributed by atoms with Crippen molar-refractivity contribution in [3.8, 4) is 0 Å². The van der Waals surface area contributed by atoms with Gasteiger partial charge in [-0.2, -0.15) is 0 Å². The minimum atomic E-state index is -0.222. The predicted octanol–water partition coefficient (Wildman–Crippen LogP) is 1.66. The van der Waals surface area contributed by atoms with Gasteiger partial charge in [0.15, 0.2) is 0 Å². The number of amides is 2. The van der Waals surface area contributed by atoms with Crippen LogP contribution in [-0.2, 0) is 0 Å². The molecule has 0 bridgehead atoms. The lowest BCUT2D eigenvalue weighted by molar-refractivity contribution is 0.114. The van der Waals surface area contributed by atoms with E-state index in [2.05, 4.69) is 10.2 Å². The Morgan fingerprint density at radius 3 is 2.67 bits per heavy atom. The van der Waals surface area contributed by atoms with Crippen LogP contribution in [0.1, 0.15) is 44.9 Å². The monoisotopic (exact) mass is 297 g/mol. The van der Waals surface area contributed by atoms with Crippen molar-refractivity contribution < 1.29 is 9.90 Å². The second kappa shape index (κ2) is 8.59. The first-order chi connectivity index (χ1) is 10.2. The van der Waals surface area contributed by atoms with Crippen LogP contribution < -0.4 is 5.32 Å². The molecule has 1 saturated heterocycles. The number of aliphatic hydroxyl groups excluding tert-OH is 1. The van der Waals surface area contributed by atoms with Gasteiger partial charge in [-0.05, 0) is 58.2 Å². The second-order valence-electron chi connectivity index (χ2n) is 6.63. The molecule has 5 nitrogen and oxygen atoms in total. The van der Waals surface area contributed by atoms with Crippen LogP contribution in [0, 0.1) is 5.92 Å². The van der Waals surface area contributed by atoms with Gasteiger partial charge in [0.2, 0.25) is 0 Å². The molecule has 2 amide bonds. The summed E-state index contributed by atoms with van der Waals surface area (Å²) < 4.78 is 0. The molecule has 2 atom stereocenters. The average Bonchev–Trinajstić information content (AvgIpc) is 3.11. The molecule has 2 N–H and O–H groups in total. The van der Waals surface area contributed by atoms with Crippen molar-refractivity contribution >= 4 is 6.03 Å². The Labute approximate surface area is 128 Å². The zero-order valence-electron chi connectivity index (χ0n) is 13.4. The number of carbonyl (C=O) groups is 1. The van der Waals surface area contributed by atoms with E-state index in [1.807, 2.05) is 7.05 Å². The highest BCUT2D eigenvalue weighted by Crippen LogP contribution is 2.25. The van der Waals surface area contributed by atoms with Crippen molar-refractivity contribution in [2.24, 2.45) is 5.92 Å². The van der Waals surface area contributed by atoms with Gasteiger partial charge in [0.05, 0.1) is 6.10 Å². The normalized spacial score (nSPS) is 26.2. The number of hydrogen-bond donors (Lipinski definition) is 2. The molecule has 0 aromatic rings. The topological polar surface area (TPSA) is 55.8 Å². The molecule has 0 radical (unpaired) electrons. The molecule has 122 valence electrons. The van der Waals surface area contributed by atoms with Crippen molar-refractivity contribution in [2.75, 3.05) is 39.8 Å². The highest BCUT2D eigenvalue weighted by Gasteiger charge is 2.27. The summed E-state index contributed by atoms with van der Waals surface area (Å²) in [4.78, 5) is 16.2. The highest BCUT2D eigenvalue weighted by molar-refractivity contribution is 5.73. The summed E-state index contributed by atoms with van der Waals surface area (Å²) in [6, 6.07) is -0.00438. The van der Waals surface area contributed by atoms with Crippen LogP contribution in [0.5, 0.6) is 0 Å². The maximum absolute atomic E-state index is 12.0. The minimum Gasteiger partial charge on any atom is -0.393 e. The molecular formula is C16H31N3O2. The lowest BCUT2D eigenvalue weighted by atomic mass is 10.1. The molecule has 2 aliphatic rings. The molecule has 2 rings (SSSR count). The van der Waals surface area contributed by atoms with E-state index >= 15 is 0 Å². The summed E-state index contributed by atoms with van der Waals surface area (Å²) in [6.45, 7) is 5.09. The number of rotatable bonds is 7. The van der Waals surface area contributed by atoms with E-state index in [-0.39, 0.29) is 18.1 Å². The van der Waals surface area contributed by atoms with Gasteiger partial charge < -0.3 is 20.2 Å². The Morgan fingerprint density at radius 1 is 1.24 bits per heavy atom. The Balaban J connectivity index is 1.51. The fourth-order valence-electron chi connectivity index (χ4n) is 3.46. The standard InChI is InChI=1S/C16H31N3O2/c1-18(13-14-7-6-8-15(14)20)16(21)17-9-2-3-10-19-11-4-5-12-19/h14-15,20H,2-13H2,1H3,(H,17,21). The van der Waals surface area contributed by atoms with Crippen molar-refractivity contribution in [1.29, 1.82) is 0 Å². The van der Waals surface area contributed by atoms with E-state index in [0.717, 1.165) is 38.6 Å². The van der Waals surface area contributed by atoms with Crippen molar-refractivity contribution in [3.63, 3.8) is 0 Å². The number of nitrogens with zero attached hydrogens (tertiary/aromatic N) is 2. The van der Waals surface area contributed by atoms with Gasteiger partial charge in [-0.15, -0.1) is 0 Å². The van der Waals surface area contributed by atoms with Gasteiger partial charge in [-0.3, -0.25) is 0 Å². The maximum Gasteiger partial charge on any atom is 0.317 e. The summed E-state index contributed by atoms with van der Waals surface area (Å²) in [5, 5.41) is 12.8. The zero-order valence-corrected chi connectivity index (χ0v) is 13.4. The molecule has 1 aliphatic carbocycles. The number of aliphatic hydroxyl groups is 1. The van der Waals surface area contributed by atoms with Crippen LogP contribution in [0.25, 0.3) is 0 Å². The molecule has 1 heterocycles. The Bertz CT molecular complexity index is 319. The number of likely N-dealkylation sites (tertiary alicyclic amines) is 1. The average molecular weight is 297 g/mol. The predicted molar refractivity (Wildman–Crippen MR) is 84.3 cm³/mol. The quantitative estimate of drug-likeness (QED) is 0.703. The summed E-state index contributed by atoms with van der Waals surface area (Å²) in [5.74, 6) is 0.260. The Hall–Kier alpha value is -0.810. The molecular weight excluding hydrogens is 266 g/mol. The number of hydrogen-bond acceptors (Lipinski definition) is 3. The molecule has 1 saturated carbocycles. The first kappa shape index (κ1) is 16.6. The number of urea groups is 1. The Morgan fingerprint density at radius 2 is 2.00 bits per heavy atom. The zero-order chi connectivity index (χ0) is 15.1. The summed E-state index contributed by atoms with van der Waals surface area (Å²) in [6.07, 6.45) is 7.67. The molecule has 0 spiro atoms. The summed E-state index contributed by atoms with van der Waals surface area (Å²) >= 11 is 0. The highest BCUT2D eigenvalue weighted by atomic mass is 16.3. The number of nitrogens with one attached hydrogen (secondary N) is 1. The lowest BCUT2D eigenvalue weighted by Crippen LogP contribution is -2.41. The minimum absolute atomic E-state index is 0.00438. The van der Waals surface area contributed by atoms with Gasteiger partial charge in [0.1, 0.15) is 0 Å². The third kappa shape index (κ3) is 5.47. The molecule has 1 aliphatic heterocycles. The van der Waals surface area contributed by atoms with Crippen molar-refractivity contribution in [3.05, 3.63) is 0 Å². The SMILES string of the molecule is CN(CC1CCCC1O)C(=O)NCCCCN1CCCC1. The van der Waals surface area contributed by atoms with Gasteiger partial charge >= 0.3 is 6.03 Å². The van der Waals surface area contributed by atoms with Crippen molar-refractivity contribution in [2.45, 2.75) is 51.0 Å². The van der Waals surface area contributed by atoms with Gasteiger partial charge in [0, 0.05) is 26.1 Å². The van der Waals surface area contributed by atoms with Crippen LogP contribution in [0.2, 0.25) is 0 Å². The third-order valence-electron chi connectivity index (χ3n) is 4.85. The van der Waals surface area contributed by atoms with E-state index in [1.165, 1.54) is 32.5 Å². The maximum atomic E-state index is 12.0.